The third-order valence-corrected chi connectivity index (χ3v) is 1.95. The fourth-order valence-corrected chi connectivity index (χ4v) is 1.22. The Labute approximate surface area is 99.6 Å². The van der Waals surface area contributed by atoms with Crippen LogP contribution < -0.4 is 10.8 Å². The van der Waals surface area contributed by atoms with E-state index in [1.807, 2.05) is 5.32 Å². The van der Waals surface area contributed by atoms with Gasteiger partial charge in [0.15, 0.2) is 0 Å². The predicted molar refractivity (Wildman–Crippen MR) is 54.6 cm³/mol. The molecular weight excluding hydrogens is 253 g/mol. The lowest BCUT2D eigenvalue weighted by Gasteiger charge is -2.13. The third kappa shape index (κ3) is 3.74. The summed E-state index contributed by atoms with van der Waals surface area (Å²) in [4.78, 5) is 21.9. The Balaban J connectivity index is 2.85. The number of alkyl halides is 3. The molecule has 0 radical (unpaired) electrons. The minimum atomic E-state index is -4.61. The maximum absolute atomic E-state index is 12.6. The summed E-state index contributed by atoms with van der Waals surface area (Å²) >= 11 is 0. The number of carbonyl (C=O) groups excluding carboxylic acids is 2. The van der Waals surface area contributed by atoms with Gasteiger partial charge in [0, 0.05) is 0 Å². The van der Waals surface area contributed by atoms with Gasteiger partial charge in [0.2, 0.25) is 5.91 Å². The lowest BCUT2D eigenvalue weighted by Crippen LogP contribution is -2.26. The second-order valence-corrected chi connectivity index (χ2v) is 3.30. The van der Waals surface area contributed by atoms with Crippen LogP contribution in [0, 0.1) is 0 Å². The molecule has 1 rings (SSSR count). The molecule has 98 valence electrons. The van der Waals surface area contributed by atoms with Crippen molar-refractivity contribution < 1.29 is 28.0 Å². The third-order valence-electron chi connectivity index (χ3n) is 1.95. The van der Waals surface area contributed by atoms with Crippen LogP contribution in [-0.2, 0) is 15.8 Å². The highest BCUT2D eigenvalue weighted by molar-refractivity contribution is 6.03. The van der Waals surface area contributed by atoms with Crippen molar-refractivity contribution in [1.82, 2.24) is 5.48 Å². The number of nitrogens with one attached hydrogen (secondary N) is 2. The van der Waals surface area contributed by atoms with E-state index in [1.54, 1.807) is 0 Å². The predicted octanol–water partition coefficient (Wildman–Crippen LogP) is 1.54. The highest BCUT2D eigenvalue weighted by Crippen LogP contribution is 2.34. The van der Waals surface area contributed by atoms with E-state index in [0.717, 1.165) is 12.1 Å². The first-order valence-electron chi connectivity index (χ1n) is 4.73. The highest BCUT2D eigenvalue weighted by atomic mass is 19.4. The van der Waals surface area contributed by atoms with Gasteiger partial charge in [-0.05, 0) is 12.1 Å². The normalized spacial score (nSPS) is 10.9. The summed E-state index contributed by atoms with van der Waals surface area (Å²) in [5.74, 6) is -1.98. The molecule has 0 aliphatic heterocycles. The largest absolute Gasteiger partial charge is 0.418 e. The van der Waals surface area contributed by atoms with Gasteiger partial charge in [0.25, 0.3) is 5.91 Å². The Morgan fingerprint density at radius 3 is 2.33 bits per heavy atom. The second-order valence-electron chi connectivity index (χ2n) is 3.30. The van der Waals surface area contributed by atoms with Crippen LogP contribution in [0.4, 0.5) is 18.9 Å². The molecule has 0 saturated carbocycles. The van der Waals surface area contributed by atoms with E-state index in [9.17, 15) is 22.8 Å². The van der Waals surface area contributed by atoms with Gasteiger partial charge in [-0.25, -0.2) is 5.48 Å². The van der Waals surface area contributed by atoms with Crippen molar-refractivity contribution in [2.24, 2.45) is 0 Å². The Morgan fingerprint density at radius 1 is 1.17 bits per heavy atom. The first kappa shape index (κ1) is 14.0. The number of amides is 2. The zero-order valence-corrected chi connectivity index (χ0v) is 8.91. The maximum atomic E-state index is 12.6. The van der Waals surface area contributed by atoms with E-state index in [1.165, 1.54) is 17.6 Å². The van der Waals surface area contributed by atoms with Crippen LogP contribution in [-0.4, -0.2) is 17.0 Å². The zero-order chi connectivity index (χ0) is 13.8. The minimum absolute atomic E-state index is 0.444. The van der Waals surface area contributed by atoms with Crippen molar-refractivity contribution in [2.75, 3.05) is 5.32 Å². The number of anilines is 1. The summed E-state index contributed by atoms with van der Waals surface area (Å²) in [6, 6.07) is 4.37. The molecule has 8 heteroatoms. The molecular formula is C10H9F3N2O3. The molecule has 2 amide bonds. The van der Waals surface area contributed by atoms with E-state index < -0.39 is 35.7 Å². The summed E-state index contributed by atoms with van der Waals surface area (Å²) in [5, 5.41) is 10.1. The number of carbonyl (C=O) groups is 2. The highest BCUT2D eigenvalue weighted by Gasteiger charge is 2.33. The quantitative estimate of drug-likeness (QED) is 0.439. The van der Waals surface area contributed by atoms with Gasteiger partial charge in [-0.15, -0.1) is 0 Å². The maximum Gasteiger partial charge on any atom is 0.418 e. The van der Waals surface area contributed by atoms with Gasteiger partial charge < -0.3 is 5.32 Å². The minimum Gasteiger partial charge on any atom is -0.325 e. The molecule has 0 fully saturated rings. The average Bonchev–Trinajstić information content (AvgIpc) is 2.27. The Bertz CT molecular complexity index is 460. The molecule has 0 saturated heterocycles. The molecule has 1 aromatic rings. The molecule has 0 heterocycles. The molecule has 3 N–H and O–H groups in total. The Kier molecular flexibility index (Phi) is 4.27. The number of halogens is 3. The lowest BCUT2D eigenvalue weighted by atomic mass is 10.1. The molecule has 5 nitrogen and oxygen atoms in total. The molecule has 0 atom stereocenters. The number of hydrogen-bond donors (Lipinski definition) is 3. The summed E-state index contributed by atoms with van der Waals surface area (Å²) in [5.41, 5.74) is -0.251. The second kappa shape index (κ2) is 5.50. The Morgan fingerprint density at radius 2 is 1.78 bits per heavy atom. The van der Waals surface area contributed by atoms with Crippen molar-refractivity contribution in [2.45, 2.75) is 12.6 Å². The number of benzene rings is 1. The molecule has 0 bridgehead atoms. The first-order chi connectivity index (χ1) is 8.34. The molecule has 0 aliphatic rings. The number of hydroxylamine groups is 1. The van der Waals surface area contributed by atoms with Crippen molar-refractivity contribution in [3.8, 4) is 0 Å². The van der Waals surface area contributed by atoms with Crippen LogP contribution in [0.3, 0.4) is 0 Å². The van der Waals surface area contributed by atoms with E-state index in [2.05, 4.69) is 0 Å². The Hall–Kier alpha value is -2.09. The van der Waals surface area contributed by atoms with Crippen molar-refractivity contribution in [3.05, 3.63) is 29.8 Å². The van der Waals surface area contributed by atoms with Crippen LogP contribution in [0.15, 0.2) is 24.3 Å². The topological polar surface area (TPSA) is 78.4 Å². The molecule has 0 aromatic heterocycles. The van der Waals surface area contributed by atoms with E-state index >= 15 is 0 Å². The summed E-state index contributed by atoms with van der Waals surface area (Å²) in [6.45, 7) is 0. The van der Waals surface area contributed by atoms with E-state index in [4.69, 9.17) is 5.21 Å². The van der Waals surface area contributed by atoms with Crippen molar-refractivity contribution >= 4 is 17.5 Å². The molecule has 0 unspecified atom stereocenters. The van der Waals surface area contributed by atoms with E-state index in [0.29, 0.717) is 0 Å². The number of hydrogen-bond acceptors (Lipinski definition) is 3. The first-order valence-corrected chi connectivity index (χ1v) is 4.73. The SMILES string of the molecule is O=C(CC(=O)Nc1ccccc1C(F)(F)F)NO. The van der Waals surface area contributed by atoms with Gasteiger partial charge in [-0.2, -0.15) is 13.2 Å². The van der Waals surface area contributed by atoms with Gasteiger partial charge in [0.05, 0.1) is 11.3 Å². The van der Waals surface area contributed by atoms with Gasteiger partial charge >= 0.3 is 6.18 Å². The van der Waals surface area contributed by atoms with Gasteiger partial charge in [-0.1, -0.05) is 12.1 Å². The van der Waals surface area contributed by atoms with Crippen LogP contribution in [0.2, 0.25) is 0 Å². The zero-order valence-electron chi connectivity index (χ0n) is 8.91. The van der Waals surface area contributed by atoms with Crippen molar-refractivity contribution in [1.29, 1.82) is 0 Å². The molecule has 1 aromatic carbocycles. The van der Waals surface area contributed by atoms with Crippen LogP contribution in [0.1, 0.15) is 12.0 Å². The lowest BCUT2D eigenvalue weighted by molar-refractivity contribution is -0.137. The molecule has 18 heavy (non-hydrogen) atoms. The number of para-hydroxylation sites is 1. The van der Waals surface area contributed by atoms with Gasteiger partial charge in [-0.3, -0.25) is 14.8 Å². The molecule has 0 spiro atoms. The fraction of sp³-hybridized carbons (Fsp3) is 0.200. The summed E-state index contributed by atoms with van der Waals surface area (Å²) in [6.07, 6.45) is -5.38. The fourth-order valence-electron chi connectivity index (χ4n) is 1.22. The van der Waals surface area contributed by atoms with Crippen LogP contribution in [0.25, 0.3) is 0 Å². The van der Waals surface area contributed by atoms with Gasteiger partial charge in [0.1, 0.15) is 6.42 Å². The smallest absolute Gasteiger partial charge is 0.325 e. The summed E-state index contributed by atoms with van der Waals surface area (Å²) < 4.78 is 37.7. The standard InChI is InChI=1S/C10H9F3N2O3/c11-10(12,13)6-3-1-2-4-7(6)14-8(16)5-9(17)15-18/h1-4,18H,5H2,(H,14,16)(H,15,17). The van der Waals surface area contributed by atoms with E-state index in [-0.39, 0.29) is 0 Å². The van der Waals surface area contributed by atoms with Crippen LogP contribution >= 0.6 is 0 Å². The summed E-state index contributed by atoms with van der Waals surface area (Å²) in [7, 11) is 0. The van der Waals surface area contributed by atoms with Crippen molar-refractivity contribution in [3.63, 3.8) is 0 Å². The number of rotatable bonds is 3. The monoisotopic (exact) mass is 262 g/mol. The van der Waals surface area contributed by atoms with Crippen LogP contribution in [0.5, 0.6) is 0 Å². The molecule has 0 aliphatic carbocycles. The average molecular weight is 262 g/mol.